The van der Waals surface area contributed by atoms with E-state index in [1.54, 1.807) is 0 Å². The molecule has 54 nitrogen and oxygen atoms in total. The Labute approximate surface area is 570 Å². The average Bonchev–Trinajstić information content (AvgIpc) is 0.786. The molecule has 5 fully saturated rings. The highest BCUT2D eigenvalue weighted by molar-refractivity contribution is 7.96. The van der Waals surface area contributed by atoms with Crippen molar-refractivity contribution in [3.8, 4) is 0 Å². The fourth-order valence-corrected chi connectivity index (χ4v) is 16.0. The summed E-state index contributed by atoms with van der Waals surface area (Å²) >= 11 is -0.157. The molecule has 0 radical (unpaired) electrons. The largest absolute Gasteiger partial charge is 0.397 e. The Kier molecular flexibility index (Phi) is 37.6. The van der Waals surface area contributed by atoms with Gasteiger partial charge >= 0.3 is 52.0 Å². The molecular formula is C34H60O54S10. The van der Waals surface area contributed by atoms with E-state index in [0.29, 0.717) is 0 Å². The minimum Gasteiger partial charge on any atom is -0.396 e. The van der Waals surface area contributed by atoms with Crippen molar-refractivity contribution in [3.05, 3.63) is 0 Å². The van der Waals surface area contributed by atoms with E-state index in [1.807, 2.05) is 0 Å². The minimum absolute atomic E-state index is 0.0878. The predicted molar refractivity (Wildman–Crippen MR) is 291 cm³/mol. The highest BCUT2D eigenvalue weighted by atomic mass is 32.3. The quantitative estimate of drug-likeness (QED) is 0.00895. The summed E-state index contributed by atoms with van der Waals surface area (Å²) in [6.45, 7) is -4.43. The molecule has 4 heterocycles. The lowest BCUT2D eigenvalue weighted by Gasteiger charge is -2.47. The summed E-state index contributed by atoms with van der Waals surface area (Å²) in [5.41, 5.74) is 0. The monoisotopic (exact) mass is 1650 g/mol. The first-order chi connectivity index (χ1) is 46.1. The molecule has 0 aromatic carbocycles. The van der Waals surface area contributed by atoms with Crippen molar-refractivity contribution in [1.29, 1.82) is 0 Å². The van der Waals surface area contributed by atoms with Crippen molar-refractivity contribution in [2.75, 3.05) is 40.1 Å². The van der Waals surface area contributed by atoms with Crippen molar-refractivity contribution >= 4 is 112 Å². The van der Waals surface area contributed by atoms with Crippen LogP contribution in [0.3, 0.4) is 0 Å². The van der Waals surface area contributed by atoms with Gasteiger partial charge in [0.1, 0.15) is 48.8 Å². The maximum absolute atomic E-state index is 12.9. The number of hydrogen-bond acceptors (Lipinski definition) is 54. The van der Waals surface area contributed by atoms with E-state index >= 15 is 0 Å². The van der Waals surface area contributed by atoms with Gasteiger partial charge in [-0.1, -0.05) is 6.92 Å². The Morgan fingerprint density at radius 3 is 1.02 bits per heavy atom. The number of aliphatic hydroxyl groups is 5. The molecule has 0 aromatic heterocycles. The normalized spacial score (nSPS) is 36.4. The smallest absolute Gasteiger partial charge is 0.396 e. The second kappa shape index (κ2) is 41.7. The third-order valence-corrected chi connectivity index (χ3v) is 20.6. The fourth-order valence-electron chi connectivity index (χ4n) is 9.85. The Morgan fingerprint density at radius 2 is 0.663 bits per heavy atom. The van der Waals surface area contributed by atoms with Gasteiger partial charge in [0, 0.05) is 79.8 Å². The Balaban J connectivity index is 1.65. The molecular weight excluding hydrogens is 1590 g/mol. The standard InChI is InChI=1S/C34H60O54S10/c1-3-12-27(90-85-80-75-41)18(38)22(71-96(51,52)53)32(65-12)62-8-14-29(92-87-82-77-43)19(39)23(72-97(54,55)56)33(67-14)63-9-15-30(93-88-83-78-44)24(61-6-11-4-10(5-35)26(89-84-79-74-40)16(36)20(11)69-94(45,46)47)25(73-98(57,58)59)34(68-15)64-7-13-28(91-86-81-76-42)17(37)21(31(60-2)66-13)70-95(48,49)50/h10-44H,3-9H2,1-2H3,(H,45,46,47)(H,48,49,50)(H,51,52,53)(H,54,55,56)(H,57,58,59)/t10?,11-,12?,13?,14?,15?,16?,17?,18?,19?,20?,21?,22?,23?,24?,25?,26-,27-,28-,29-,30-,31+,32+,33+,34+/m1/s1. The van der Waals surface area contributed by atoms with Crippen LogP contribution >= 0.6 is 60.2 Å². The molecule has 15 N–H and O–H groups in total. The fraction of sp³-hybridized carbons (Fsp3) is 1.00. The van der Waals surface area contributed by atoms with Gasteiger partial charge in [0.25, 0.3) is 0 Å². The van der Waals surface area contributed by atoms with Crippen LogP contribution in [0.4, 0.5) is 0 Å². The van der Waals surface area contributed by atoms with E-state index in [4.69, 9.17) is 85.8 Å². The summed E-state index contributed by atoms with van der Waals surface area (Å²) in [6.07, 6.45) is -41.3. The number of rotatable bonds is 45. The summed E-state index contributed by atoms with van der Waals surface area (Å²) in [6, 6.07) is 0. The Bertz CT molecular complexity index is 2900. The maximum atomic E-state index is 12.9. The molecule has 15 unspecified atom stereocenters. The van der Waals surface area contributed by atoms with Crippen LogP contribution < -0.4 is 0 Å². The molecule has 5 aliphatic rings. The third kappa shape index (κ3) is 27.8. The summed E-state index contributed by atoms with van der Waals surface area (Å²) in [5.74, 6) is -2.99. The number of methoxy groups -OCH3 is 1. The minimum atomic E-state index is -5.96. The van der Waals surface area contributed by atoms with Crippen LogP contribution in [-0.4, -0.2) is 294 Å². The molecule has 0 bridgehead atoms. The van der Waals surface area contributed by atoms with Gasteiger partial charge in [0.15, 0.2) is 49.6 Å². The molecule has 98 heavy (non-hydrogen) atoms. The number of ether oxygens (including phenoxy) is 9. The lowest BCUT2D eigenvalue weighted by Crippen LogP contribution is -2.64. The van der Waals surface area contributed by atoms with Gasteiger partial charge in [-0.3, -0.25) is 22.8 Å². The zero-order valence-corrected chi connectivity index (χ0v) is 56.3. The highest BCUT2D eigenvalue weighted by Crippen LogP contribution is 2.44. The highest BCUT2D eigenvalue weighted by Gasteiger charge is 2.58. The van der Waals surface area contributed by atoms with Gasteiger partial charge in [-0.25, -0.2) is 47.2 Å². The molecule has 64 heteroatoms. The zero-order chi connectivity index (χ0) is 72.9. The van der Waals surface area contributed by atoms with Gasteiger partial charge in [0.05, 0.1) is 64.9 Å². The van der Waals surface area contributed by atoms with E-state index in [2.05, 4.69) is 76.1 Å². The second-order valence-electron chi connectivity index (χ2n) is 19.3. The molecule has 0 spiro atoms. The van der Waals surface area contributed by atoms with Crippen LogP contribution in [0.2, 0.25) is 0 Å². The summed E-state index contributed by atoms with van der Waals surface area (Å²) in [5, 5.41) is 128. The number of hydrogen-bond donors (Lipinski definition) is 15. The third-order valence-electron chi connectivity index (χ3n) is 13.5. The van der Waals surface area contributed by atoms with E-state index in [-0.39, 0.29) is 66.6 Å². The Morgan fingerprint density at radius 1 is 0.367 bits per heavy atom. The van der Waals surface area contributed by atoms with E-state index in [9.17, 15) is 90.4 Å². The first kappa shape index (κ1) is 88.4. The lowest BCUT2D eigenvalue weighted by molar-refractivity contribution is -0.591. The van der Waals surface area contributed by atoms with E-state index < -0.39 is 240 Å². The zero-order valence-electron chi connectivity index (χ0n) is 48.1. The van der Waals surface area contributed by atoms with Crippen molar-refractivity contribution < 1.29 is 252 Å². The molecule has 1 saturated carbocycles. The van der Waals surface area contributed by atoms with Gasteiger partial charge in [-0.15, -0.1) is 21.7 Å². The van der Waals surface area contributed by atoms with Crippen LogP contribution in [0.5, 0.6) is 0 Å². The summed E-state index contributed by atoms with van der Waals surface area (Å²) < 4.78 is 272. The molecule has 4 saturated heterocycles. The molecule has 5 rings (SSSR count). The van der Waals surface area contributed by atoms with Gasteiger partial charge < -0.3 is 68.2 Å². The van der Waals surface area contributed by atoms with Crippen molar-refractivity contribution in [3.63, 3.8) is 0 Å². The molecule has 0 amide bonds. The van der Waals surface area contributed by atoms with Gasteiger partial charge in [0.2, 0.25) is 0 Å². The van der Waals surface area contributed by atoms with Crippen LogP contribution in [0.1, 0.15) is 19.8 Å². The van der Waals surface area contributed by atoms with E-state index in [1.165, 1.54) is 6.92 Å². The SMILES string of the molecule is CCC1O[C@H](OCC2O[C@H](OCC3O[C@H](OCC4O[C@H](OC)C(OS(=O)(=O)O)C(O)[C@@H]4SOOOO)C(OS(=O)(=O)O)C(OC[C@H]4CC(CO)[C@@H](SOOOO)C(O)C4OS(=O)(=O)O)[C@@H]3SOOOO)C(OS(=O)(=O)O)C(O)[C@@H]2SOOOO)C(OS(=O)(=O)O)C(O)[C@@H]1SOOOO. The van der Waals surface area contributed by atoms with Gasteiger partial charge in [-0.2, -0.15) is 42.1 Å². The topological polar surface area (TPSA) is 742 Å². The van der Waals surface area contributed by atoms with Crippen molar-refractivity contribution in [2.45, 2.75) is 157 Å². The molecule has 4 aliphatic heterocycles. The first-order valence-electron chi connectivity index (χ1n) is 25.8. The average molecular weight is 1650 g/mol. The second-order valence-corrected chi connectivity index (χ2v) is 28.9. The number of aliphatic hydroxyl groups excluding tert-OH is 5. The molecule has 25 atom stereocenters. The van der Waals surface area contributed by atoms with Crippen LogP contribution in [0, 0.1) is 11.8 Å². The maximum Gasteiger partial charge on any atom is 0.397 e. The molecule has 580 valence electrons. The summed E-state index contributed by atoms with van der Waals surface area (Å²) in [7, 11) is -27.7. The first-order valence-corrected chi connectivity index (χ1v) is 36.6. The van der Waals surface area contributed by atoms with E-state index in [0.717, 1.165) is 7.11 Å². The Hall–Kier alpha value is -0.260. The predicted octanol–water partition coefficient (Wildman–Crippen LogP) is -4.76. The van der Waals surface area contributed by atoms with Crippen LogP contribution in [-0.2, 0) is 188 Å². The van der Waals surface area contributed by atoms with Gasteiger partial charge in [-0.05, 0) is 69.1 Å². The van der Waals surface area contributed by atoms with Crippen molar-refractivity contribution in [2.24, 2.45) is 11.8 Å². The molecule has 0 aromatic rings. The lowest BCUT2D eigenvalue weighted by atomic mass is 9.78. The summed E-state index contributed by atoms with van der Waals surface area (Å²) in [4.78, 5) is 0. The van der Waals surface area contributed by atoms with Crippen LogP contribution in [0.15, 0.2) is 0 Å². The van der Waals surface area contributed by atoms with Crippen molar-refractivity contribution in [1.82, 2.24) is 0 Å². The molecule has 1 aliphatic carbocycles. The van der Waals surface area contributed by atoms with Crippen LogP contribution in [0.25, 0.3) is 0 Å².